The van der Waals surface area contributed by atoms with Crippen molar-refractivity contribution in [1.29, 1.82) is 0 Å². The minimum Gasteiger partial charge on any atom is -0.334 e. The van der Waals surface area contributed by atoms with Crippen LogP contribution in [-0.2, 0) is 6.54 Å². The third kappa shape index (κ3) is 3.07. The second-order valence-electron chi connectivity index (χ2n) is 5.74. The number of benzene rings is 1. The molecule has 3 aromatic heterocycles. The van der Waals surface area contributed by atoms with Gasteiger partial charge in [-0.1, -0.05) is 29.8 Å². The molecule has 0 aliphatic heterocycles. The first-order valence-electron chi connectivity index (χ1n) is 7.85. The van der Waals surface area contributed by atoms with Gasteiger partial charge in [-0.25, -0.2) is 4.98 Å². The van der Waals surface area contributed by atoms with Gasteiger partial charge >= 0.3 is 0 Å². The van der Waals surface area contributed by atoms with Crippen molar-refractivity contribution in [2.24, 2.45) is 0 Å². The van der Waals surface area contributed by atoms with Gasteiger partial charge in [0.15, 0.2) is 4.96 Å². The second kappa shape index (κ2) is 6.86. The maximum Gasteiger partial charge on any atom is 0.271 e. The summed E-state index contributed by atoms with van der Waals surface area (Å²) in [7, 11) is 1.74. The maximum absolute atomic E-state index is 12.8. The van der Waals surface area contributed by atoms with Crippen molar-refractivity contribution in [1.82, 2.24) is 24.3 Å². The molecule has 0 aliphatic carbocycles. The number of amides is 1. The summed E-state index contributed by atoms with van der Waals surface area (Å²) >= 11 is 7.68. The first kappa shape index (κ1) is 16.7. The minimum absolute atomic E-state index is 0.106. The van der Waals surface area contributed by atoms with Crippen LogP contribution in [0.2, 0.25) is 5.02 Å². The number of fused-ring (bicyclic) bond motifs is 1. The molecule has 0 unspecified atom stereocenters. The van der Waals surface area contributed by atoms with Crippen LogP contribution >= 0.6 is 22.9 Å². The van der Waals surface area contributed by atoms with Gasteiger partial charge in [-0.2, -0.15) is 0 Å². The number of halogens is 1. The fourth-order valence-electron chi connectivity index (χ4n) is 2.66. The van der Waals surface area contributed by atoms with Gasteiger partial charge in [0, 0.05) is 36.6 Å². The van der Waals surface area contributed by atoms with E-state index in [0.717, 1.165) is 21.9 Å². The Labute approximate surface area is 158 Å². The summed E-state index contributed by atoms with van der Waals surface area (Å²) in [6, 6.07) is 7.53. The first-order valence-corrected chi connectivity index (χ1v) is 9.11. The molecule has 6 nitrogen and oxygen atoms in total. The molecule has 26 heavy (non-hydrogen) atoms. The molecule has 4 rings (SSSR count). The van der Waals surface area contributed by atoms with Crippen LogP contribution in [0.3, 0.4) is 0 Å². The van der Waals surface area contributed by atoms with E-state index in [2.05, 4.69) is 15.0 Å². The molecule has 0 atom stereocenters. The highest BCUT2D eigenvalue weighted by molar-refractivity contribution is 7.15. The Hall–Kier alpha value is -2.77. The quantitative estimate of drug-likeness (QED) is 0.538. The van der Waals surface area contributed by atoms with Crippen LogP contribution in [0.5, 0.6) is 0 Å². The predicted octanol–water partition coefficient (Wildman–Crippen LogP) is 3.78. The smallest absolute Gasteiger partial charge is 0.271 e. The Bertz CT molecular complexity index is 1080. The van der Waals surface area contributed by atoms with Crippen molar-refractivity contribution in [3.8, 4) is 11.3 Å². The summed E-state index contributed by atoms with van der Waals surface area (Å²) < 4.78 is 1.80. The van der Waals surface area contributed by atoms with Gasteiger partial charge in [0.05, 0.1) is 29.2 Å². The number of thiazole rings is 1. The molecular formula is C18H14ClN5OS. The monoisotopic (exact) mass is 383 g/mol. The van der Waals surface area contributed by atoms with Crippen LogP contribution in [0.25, 0.3) is 16.2 Å². The lowest BCUT2D eigenvalue weighted by molar-refractivity contribution is 0.0776. The number of hydrogen-bond donors (Lipinski definition) is 0. The molecule has 0 saturated carbocycles. The van der Waals surface area contributed by atoms with Crippen molar-refractivity contribution in [3.63, 3.8) is 0 Å². The SMILES string of the molecule is CN(Cc1cnccn1)C(=O)c1csc2nc(-c3ccccc3Cl)cn12. The number of carbonyl (C=O) groups is 1. The third-order valence-electron chi connectivity index (χ3n) is 3.94. The van der Waals surface area contributed by atoms with Gasteiger partial charge in [-0.05, 0) is 6.07 Å². The number of carbonyl (C=O) groups excluding carboxylic acids is 1. The Morgan fingerprint density at radius 1 is 1.31 bits per heavy atom. The molecule has 3 heterocycles. The number of nitrogens with zero attached hydrogens (tertiary/aromatic N) is 5. The molecule has 0 radical (unpaired) electrons. The molecule has 0 spiro atoms. The molecule has 0 N–H and O–H groups in total. The summed E-state index contributed by atoms with van der Waals surface area (Å²) in [5.41, 5.74) is 2.88. The fraction of sp³-hybridized carbons (Fsp3) is 0.111. The highest BCUT2D eigenvalue weighted by Crippen LogP contribution is 2.29. The predicted molar refractivity (Wildman–Crippen MR) is 101 cm³/mol. The molecule has 0 aliphatic rings. The van der Waals surface area contributed by atoms with Crippen molar-refractivity contribution >= 4 is 33.8 Å². The molecule has 0 bridgehead atoms. The lowest BCUT2D eigenvalue weighted by atomic mass is 10.2. The highest BCUT2D eigenvalue weighted by Gasteiger charge is 2.19. The number of hydrogen-bond acceptors (Lipinski definition) is 5. The van der Waals surface area contributed by atoms with E-state index in [9.17, 15) is 4.79 Å². The van der Waals surface area contributed by atoms with Gasteiger partial charge in [-0.3, -0.25) is 19.2 Å². The van der Waals surface area contributed by atoms with E-state index in [4.69, 9.17) is 11.6 Å². The van der Waals surface area contributed by atoms with Gasteiger partial charge in [-0.15, -0.1) is 11.3 Å². The van der Waals surface area contributed by atoms with Crippen molar-refractivity contribution in [3.05, 3.63) is 70.8 Å². The largest absolute Gasteiger partial charge is 0.334 e. The van der Waals surface area contributed by atoms with Crippen LogP contribution in [-0.4, -0.2) is 37.2 Å². The third-order valence-corrected chi connectivity index (χ3v) is 5.11. The van der Waals surface area contributed by atoms with Crippen molar-refractivity contribution < 1.29 is 4.79 Å². The van der Waals surface area contributed by atoms with Gasteiger partial charge in [0.1, 0.15) is 5.69 Å². The molecule has 0 saturated heterocycles. The Morgan fingerprint density at radius 3 is 2.92 bits per heavy atom. The van der Waals surface area contributed by atoms with Gasteiger partial charge < -0.3 is 4.90 Å². The average Bonchev–Trinajstić information content (AvgIpc) is 3.23. The topological polar surface area (TPSA) is 63.4 Å². The lowest BCUT2D eigenvalue weighted by Crippen LogP contribution is -2.27. The van der Waals surface area contributed by atoms with E-state index in [1.165, 1.54) is 11.3 Å². The zero-order valence-electron chi connectivity index (χ0n) is 13.8. The van der Waals surface area contributed by atoms with E-state index in [0.29, 0.717) is 17.3 Å². The average molecular weight is 384 g/mol. The van der Waals surface area contributed by atoms with Crippen LogP contribution in [0.1, 0.15) is 16.2 Å². The zero-order chi connectivity index (χ0) is 18.1. The van der Waals surface area contributed by atoms with E-state index in [1.807, 2.05) is 35.8 Å². The van der Waals surface area contributed by atoms with Gasteiger partial charge in [0.2, 0.25) is 0 Å². The summed E-state index contributed by atoms with van der Waals surface area (Å²) in [5, 5.41) is 2.44. The summed E-state index contributed by atoms with van der Waals surface area (Å²) in [5.74, 6) is -0.106. The van der Waals surface area contributed by atoms with E-state index in [1.54, 1.807) is 34.9 Å². The molecule has 1 aromatic carbocycles. The highest BCUT2D eigenvalue weighted by atomic mass is 35.5. The standard InChI is InChI=1S/C18H14ClN5OS/c1-23(9-12-8-20-6-7-21-12)17(25)16-11-26-18-22-15(10-24(16)18)13-4-2-3-5-14(13)19/h2-8,10-11H,9H2,1H3. The van der Waals surface area contributed by atoms with Gasteiger partial charge in [0.25, 0.3) is 5.91 Å². The fourth-order valence-corrected chi connectivity index (χ4v) is 3.74. The van der Waals surface area contributed by atoms with Crippen molar-refractivity contribution in [2.45, 2.75) is 6.54 Å². The normalized spacial score (nSPS) is 11.0. The molecule has 8 heteroatoms. The summed E-state index contributed by atoms with van der Waals surface area (Å²) in [6.45, 7) is 0.385. The summed E-state index contributed by atoms with van der Waals surface area (Å²) in [4.78, 5) is 28.0. The van der Waals surface area contributed by atoms with Crippen LogP contribution in [0.15, 0.2) is 54.4 Å². The van der Waals surface area contributed by atoms with Crippen molar-refractivity contribution in [2.75, 3.05) is 7.05 Å². The van der Waals surface area contributed by atoms with E-state index >= 15 is 0 Å². The van der Waals surface area contributed by atoms with Crippen LogP contribution in [0.4, 0.5) is 0 Å². The molecular weight excluding hydrogens is 370 g/mol. The lowest BCUT2D eigenvalue weighted by Gasteiger charge is -2.15. The number of rotatable bonds is 4. The second-order valence-corrected chi connectivity index (χ2v) is 6.98. The van der Waals surface area contributed by atoms with E-state index < -0.39 is 0 Å². The van der Waals surface area contributed by atoms with E-state index in [-0.39, 0.29) is 5.91 Å². The molecule has 130 valence electrons. The Kier molecular flexibility index (Phi) is 4.40. The van der Waals surface area contributed by atoms with Crippen LogP contribution in [0, 0.1) is 0 Å². The maximum atomic E-state index is 12.8. The minimum atomic E-state index is -0.106. The van der Waals surface area contributed by atoms with Crippen LogP contribution < -0.4 is 0 Å². The zero-order valence-corrected chi connectivity index (χ0v) is 15.4. The molecule has 1 amide bonds. The number of imidazole rings is 1. The molecule has 4 aromatic rings. The first-order chi connectivity index (χ1) is 12.6. The molecule has 0 fully saturated rings. The Balaban J connectivity index is 1.64. The Morgan fingerprint density at radius 2 is 2.15 bits per heavy atom. The number of aromatic nitrogens is 4. The summed E-state index contributed by atoms with van der Waals surface area (Å²) in [6.07, 6.45) is 6.72.